The first kappa shape index (κ1) is 20.8. The Morgan fingerprint density at radius 2 is 2.03 bits per heavy atom. The molecule has 9 heteroatoms. The molecule has 0 amide bonds. The van der Waals surface area contributed by atoms with Crippen LogP contribution in [0.4, 0.5) is 10.2 Å². The molecule has 1 saturated carbocycles. The molecule has 3 heterocycles. The second-order valence-electron chi connectivity index (χ2n) is 8.37. The molecule has 164 valence electrons. The molecule has 1 aliphatic heterocycles. The molecule has 32 heavy (non-hydrogen) atoms. The molecule has 7 nitrogen and oxygen atoms in total. The largest absolute Gasteiger partial charge is 0.507 e. The van der Waals surface area contributed by atoms with Gasteiger partial charge in [-0.1, -0.05) is 6.42 Å². The summed E-state index contributed by atoms with van der Waals surface area (Å²) < 4.78 is 14.9. The number of hydrogen-bond donors (Lipinski definition) is 2. The molecule has 2 fully saturated rings. The van der Waals surface area contributed by atoms with Crippen LogP contribution in [0, 0.1) is 24.1 Å². The van der Waals surface area contributed by atoms with Crippen molar-refractivity contribution < 1.29 is 9.50 Å². The number of benzene rings is 1. The van der Waals surface area contributed by atoms with Crippen LogP contribution in [0.1, 0.15) is 36.4 Å². The fraction of sp³-hybridized carbons (Fsp3) is 0.391. The minimum atomic E-state index is -0.548. The Balaban J connectivity index is 1.35. The molecule has 2 N–H and O–H groups in total. The van der Waals surface area contributed by atoms with Gasteiger partial charge < -0.3 is 15.3 Å². The van der Waals surface area contributed by atoms with E-state index in [0.717, 1.165) is 25.3 Å². The number of nitrogens with one attached hydrogen (secondary N) is 1. The minimum Gasteiger partial charge on any atom is -0.507 e. The third kappa shape index (κ3) is 3.92. The molecule has 1 aromatic carbocycles. The van der Waals surface area contributed by atoms with Crippen molar-refractivity contribution in [1.82, 2.24) is 20.5 Å². The number of phenolic OH excluding ortho intramolecular Hbond substituents is 1. The standard InChI is InChI=1S/C23H23FN6OS/c1-13-26-20(11-25)23(32-13)16-10-21(31)17(9-18(16)24)19-5-6-22(29-28-19)30-8-7-15(12-30)27-14-3-2-4-14/h5-6,9-10,14-15,27,31H,2-4,7-8,12H2,1H3/t15-/m1/s1. The van der Waals surface area contributed by atoms with E-state index in [-0.39, 0.29) is 22.6 Å². The Morgan fingerprint density at radius 3 is 2.72 bits per heavy atom. The SMILES string of the molecule is Cc1nc(C#N)c(-c2cc(O)c(-c3ccc(N4CC[C@@H](NC5CCC5)C4)nn3)cc2F)s1. The number of halogens is 1. The number of nitriles is 1. The summed E-state index contributed by atoms with van der Waals surface area (Å²) >= 11 is 1.22. The second kappa shape index (κ2) is 8.45. The highest BCUT2D eigenvalue weighted by Crippen LogP contribution is 2.38. The molecule has 2 aliphatic rings. The zero-order chi connectivity index (χ0) is 22.2. The van der Waals surface area contributed by atoms with Crippen LogP contribution in [-0.2, 0) is 0 Å². The average molecular weight is 451 g/mol. The average Bonchev–Trinajstić information content (AvgIpc) is 3.38. The number of phenols is 1. The molecular formula is C23H23FN6OS. The van der Waals surface area contributed by atoms with Crippen LogP contribution in [0.15, 0.2) is 24.3 Å². The van der Waals surface area contributed by atoms with Gasteiger partial charge in [-0.25, -0.2) is 9.37 Å². The highest BCUT2D eigenvalue weighted by molar-refractivity contribution is 7.15. The van der Waals surface area contributed by atoms with E-state index in [1.54, 1.807) is 13.0 Å². The minimum absolute atomic E-state index is 0.121. The van der Waals surface area contributed by atoms with E-state index in [0.29, 0.717) is 27.7 Å². The van der Waals surface area contributed by atoms with Gasteiger partial charge in [-0.15, -0.1) is 21.5 Å². The van der Waals surface area contributed by atoms with Gasteiger partial charge in [0.2, 0.25) is 0 Å². The van der Waals surface area contributed by atoms with Crippen LogP contribution in [0.5, 0.6) is 5.75 Å². The van der Waals surface area contributed by atoms with Crippen LogP contribution in [0.3, 0.4) is 0 Å². The van der Waals surface area contributed by atoms with Gasteiger partial charge in [0, 0.05) is 36.3 Å². The Hall–Kier alpha value is -3.09. The fourth-order valence-electron chi connectivity index (χ4n) is 4.28. The number of nitrogens with zero attached hydrogens (tertiary/aromatic N) is 5. The van der Waals surface area contributed by atoms with Gasteiger partial charge >= 0.3 is 0 Å². The maximum atomic E-state index is 14.9. The third-order valence-electron chi connectivity index (χ3n) is 6.19. The van der Waals surface area contributed by atoms with Crippen LogP contribution < -0.4 is 10.2 Å². The van der Waals surface area contributed by atoms with E-state index >= 15 is 0 Å². The summed E-state index contributed by atoms with van der Waals surface area (Å²) in [4.78, 5) is 6.72. The topological polar surface area (TPSA) is 98.0 Å². The third-order valence-corrected chi connectivity index (χ3v) is 7.19. The molecule has 1 aliphatic carbocycles. The van der Waals surface area contributed by atoms with E-state index in [4.69, 9.17) is 0 Å². The number of thiazole rings is 1. The summed E-state index contributed by atoms with van der Waals surface area (Å²) in [5.74, 6) is 0.111. The first-order chi connectivity index (χ1) is 15.5. The molecular weight excluding hydrogens is 427 g/mol. The highest BCUT2D eigenvalue weighted by atomic mass is 32.1. The van der Waals surface area contributed by atoms with Gasteiger partial charge in [0.15, 0.2) is 11.5 Å². The van der Waals surface area contributed by atoms with Gasteiger partial charge in [-0.2, -0.15) is 5.26 Å². The Morgan fingerprint density at radius 1 is 1.19 bits per heavy atom. The monoisotopic (exact) mass is 450 g/mol. The van der Waals surface area contributed by atoms with Crippen LogP contribution in [0.25, 0.3) is 21.7 Å². The fourth-order valence-corrected chi connectivity index (χ4v) is 5.16. The molecule has 0 spiro atoms. The Kier molecular flexibility index (Phi) is 5.49. The van der Waals surface area contributed by atoms with Gasteiger partial charge in [0.1, 0.15) is 17.6 Å². The molecule has 0 bridgehead atoms. The molecule has 1 atom stereocenters. The van der Waals surface area contributed by atoms with Crippen molar-refractivity contribution in [2.24, 2.45) is 0 Å². The van der Waals surface area contributed by atoms with E-state index in [1.807, 2.05) is 12.1 Å². The molecule has 2 aromatic heterocycles. The summed E-state index contributed by atoms with van der Waals surface area (Å²) in [6.45, 7) is 3.57. The summed E-state index contributed by atoms with van der Waals surface area (Å²) in [5.41, 5.74) is 0.954. The molecule has 0 radical (unpaired) electrons. The Bertz CT molecular complexity index is 1180. The van der Waals surface area contributed by atoms with Crippen molar-refractivity contribution in [2.75, 3.05) is 18.0 Å². The van der Waals surface area contributed by atoms with Gasteiger partial charge in [-0.3, -0.25) is 0 Å². The first-order valence-electron chi connectivity index (χ1n) is 10.8. The van der Waals surface area contributed by atoms with E-state index in [9.17, 15) is 14.8 Å². The van der Waals surface area contributed by atoms with E-state index in [1.165, 1.54) is 42.7 Å². The maximum Gasteiger partial charge on any atom is 0.159 e. The predicted octanol–water partition coefficient (Wildman–Crippen LogP) is 4.01. The lowest BCUT2D eigenvalue weighted by atomic mass is 9.92. The summed E-state index contributed by atoms with van der Waals surface area (Å²) in [7, 11) is 0. The second-order valence-corrected chi connectivity index (χ2v) is 9.58. The normalized spacial score (nSPS) is 18.5. The van der Waals surface area contributed by atoms with E-state index in [2.05, 4.69) is 25.4 Å². The van der Waals surface area contributed by atoms with Gasteiger partial charge in [0.05, 0.1) is 15.6 Å². The lowest BCUT2D eigenvalue weighted by molar-refractivity contribution is 0.311. The summed E-state index contributed by atoms with van der Waals surface area (Å²) in [6, 6.07) is 9.28. The lowest BCUT2D eigenvalue weighted by Crippen LogP contribution is -2.43. The van der Waals surface area contributed by atoms with Crippen molar-refractivity contribution >= 4 is 17.2 Å². The van der Waals surface area contributed by atoms with Crippen molar-refractivity contribution in [1.29, 1.82) is 5.26 Å². The number of hydrogen-bond acceptors (Lipinski definition) is 8. The van der Waals surface area contributed by atoms with Gasteiger partial charge in [-0.05, 0) is 50.5 Å². The molecule has 3 aromatic rings. The molecule has 5 rings (SSSR count). The summed E-state index contributed by atoms with van der Waals surface area (Å²) in [5, 5.41) is 32.8. The smallest absolute Gasteiger partial charge is 0.159 e. The first-order valence-corrected chi connectivity index (χ1v) is 11.6. The zero-order valence-corrected chi connectivity index (χ0v) is 18.5. The number of rotatable bonds is 5. The van der Waals surface area contributed by atoms with Crippen molar-refractivity contribution in [3.05, 3.63) is 40.8 Å². The van der Waals surface area contributed by atoms with Crippen molar-refractivity contribution in [3.8, 4) is 33.5 Å². The lowest BCUT2D eigenvalue weighted by Gasteiger charge is -2.29. The van der Waals surface area contributed by atoms with Gasteiger partial charge in [0.25, 0.3) is 0 Å². The van der Waals surface area contributed by atoms with Crippen molar-refractivity contribution in [3.63, 3.8) is 0 Å². The number of aromatic nitrogens is 3. The highest BCUT2D eigenvalue weighted by Gasteiger charge is 2.28. The maximum absolute atomic E-state index is 14.9. The van der Waals surface area contributed by atoms with Crippen molar-refractivity contribution in [2.45, 2.75) is 44.7 Å². The number of aromatic hydroxyl groups is 1. The quantitative estimate of drug-likeness (QED) is 0.606. The number of aryl methyl sites for hydroxylation is 1. The molecule has 1 saturated heterocycles. The van der Waals surface area contributed by atoms with Crippen LogP contribution in [-0.4, -0.2) is 45.5 Å². The van der Waals surface area contributed by atoms with Crippen LogP contribution in [0.2, 0.25) is 0 Å². The van der Waals surface area contributed by atoms with E-state index < -0.39 is 5.82 Å². The number of anilines is 1. The zero-order valence-electron chi connectivity index (χ0n) is 17.7. The van der Waals surface area contributed by atoms with Crippen LogP contribution >= 0.6 is 11.3 Å². The predicted molar refractivity (Wildman–Crippen MR) is 121 cm³/mol. The Labute approximate surface area is 189 Å². The summed E-state index contributed by atoms with van der Waals surface area (Å²) in [6.07, 6.45) is 4.93. The molecule has 0 unspecified atom stereocenters.